The third-order valence-electron chi connectivity index (χ3n) is 4.43. The number of amides is 1. The summed E-state index contributed by atoms with van der Waals surface area (Å²) in [6.07, 6.45) is 3.02. The highest BCUT2D eigenvalue weighted by Gasteiger charge is 2.17. The van der Waals surface area contributed by atoms with E-state index in [1.807, 2.05) is 54.6 Å². The monoisotopic (exact) mass is 375 g/mol. The number of carbonyl (C=O) groups is 1. The molecule has 1 saturated heterocycles. The van der Waals surface area contributed by atoms with Crippen LogP contribution >= 0.6 is 0 Å². The van der Waals surface area contributed by atoms with Gasteiger partial charge in [-0.3, -0.25) is 4.79 Å². The van der Waals surface area contributed by atoms with Gasteiger partial charge in [0.2, 0.25) is 0 Å². The van der Waals surface area contributed by atoms with Crippen molar-refractivity contribution in [1.29, 1.82) is 0 Å². The van der Waals surface area contributed by atoms with Gasteiger partial charge in [-0.05, 0) is 24.3 Å². The van der Waals surface area contributed by atoms with Crippen LogP contribution in [0.4, 0.5) is 22.9 Å². The molecule has 0 unspecified atom stereocenters. The van der Waals surface area contributed by atoms with Crippen molar-refractivity contribution in [3.05, 3.63) is 72.7 Å². The lowest BCUT2D eigenvalue weighted by atomic mass is 10.2. The maximum Gasteiger partial charge on any atom is 0.275 e. The van der Waals surface area contributed by atoms with Crippen LogP contribution in [0.5, 0.6) is 0 Å². The molecule has 1 aliphatic rings. The Balaban J connectivity index is 1.45. The van der Waals surface area contributed by atoms with Crippen LogP contribution < -0.4 is 15.5 Å². The molecule has 1 fully saturated rings. The van der Waals surface area contributed by atoms with Crippen LogP contribution in [0.25, 0.3) is 0 Å². The number of nitrogens with zero attached hydrogens (tertiary/aromatic N) is 3. The fourth-order valence-electron chi connectivity index (χ4n) is 3.02. The minimum atomic E-state index is -0.292. The third kappa shape index (κ3) is 4.27. The SMILES string of the molecule is O=C(Nc1ccccc1N1CCOCC1)c1cnc(Nc2ccccc2)cn1. The second kappa shape index (κ2) is 8.49. The average Bonchev–Trinajstić information content (AvgIpc) is 2.76. The number of hydrogen-bond acceptors (Lipinski definition) is 6. The minimum Gasteiger partial charge on any atom is -0.378 e. The van der Waals surface area contributed by atoms with Gasteiger partial charge in [0.15, 0.2) is 0 Å². The quantitative estimate of drug-likeness (QED) is 0.712. The molecule has 0 saturated carbocycles. The number of morpholine rings is 1. The van der Waals surface area contributed by atoms with E-state index in [-0.39, 0.29) is 11.6 Å². The van der Waals surface area contributed by atoms with Crippen LogP contribution in [0, 0.1) is 0 Å². The predicted molar refractivity (Wildman–Crippen MR) is 109 cm³/mol. The second-order valence-electron chi connectivity index (χ2n) is 6.35. The third-order valence-corrected chi connectivity index (χ3v) is 4.43. The molecule has 28 heavy (non-hydrogen) atoms. The molecule has 2 aromatic carbocycles. The van der Waals surface area contributed by atoms with Gasteiger partial charge in [-0.15, -0.1) is 0 Å². The fourth-order valence-corrected chi connectivity index (χ4v) is 3.02. The standard InChI is InChI=1S/C21H21N5O2/c27-21(18-14-23-20(15-22-18)24-16-6-2-1-3-7-16)25-17-8-4-5-9-19(17)26-10-12-28-13-11-26/h1-9,14-15H,10-13H2,(H,23,24)(H,25,27). The van der Waals surface area contributed by atoms with Crippen LogP contribution in [-0.2, 0) is 4.74 Å². The topological polar surface area (TPSA) is 79.4 Å². The first kappa shape index (κ1) is 17.9. The highest BCUT2D eigenvalue weighted by atomic mass is 16.5. The van der Waals surface area contributed by atoms with Crippen molar-refractivity contribution in [3.8, 4) is 0 Å². The maximum atomic E-state index is 12.6. The Morgan fingerprint density at radius 1 is 0.929 bits per heavy atom. The molecular weight excluding hydrogens is 354 g/mol. The predicted octanol–water partition coefficient (Wildman–Crippen LogP) is 3.31. The van der Waals surface area contributed by atoms with Gasteiger partial charge in [-0.25, -0.2) is 9.97 Å². The molecular formula is C21H21N5O2. The summed E-state index contributed by atoms with van der Waals surface area (Å²) >= 11 is 0. The van der Waals surface area contributed by atoms with Crippen LogP contribution in [0.2, 0.25) is 0 Å². The summed E-state index contributed by atoms with van der Waals surface area (Å²) in [5.74, 6) is 0.288. The largest absolute Gasteiger partial charge is 0.378 e. The molecule has 2 N–H and O–H groups in total. The number of para-hydroxylation sites is 3. The lowest BCUT2D eigenvalue weighted by Crippen LogP contribution is -2.36. The van der Waals surface area contributed by atoms with E-state index in [1.165, 1.54) is 6.20 Å². The lowest BCUT2D eigenvalue weighted by Gasteiger charge is -2.30. The molecule has 142 valence electrons. The Morgan fingerprint density at radius 2 is 1.68 bits per heavy atom. The first-order chi connectivity index (χ1) is 13.8. The molecule has 1 aromatic heterocycles. The maximum absolute atomic E-state index is 12.6. The first-order valence-electron chi connectivity index (χ1n) is 9.17. The lowest BCUT2D eigenvalue weighted by molar-refractivity contribution is 0.102. The number of carbonyl (C=O) groups excluding carboxylic acids is 1. The molecule has 1 amide bonds. The van der Waals surface area contributed by atoms with Crippen molar-refractivity contribution in [1.82, 2.24) is 9.97 Å². The van der Waals surface area contributed by atoms with Gasteiger partial charge in [0.05, 0.1) is 37.0 Å². The second-order valence-corrected chi connectivity index (χ2v) is 6.35. The van der Waals surface area contributed by atoms with Crippen LogP contribution in [0.15, 0.2) is 67.0 Å². The minimum absolute atomic E-state index is 0.260. The van der Waals surface area contributed by atoms with E-state index >= 15 is 0 Å². The molecule has 7 nitrogen and oxygen atoms in total. The van der Waals surface area contributed by atoms with E-state index in [0.29, 0.717) is 19.0 Å². The highest BCUT2D eigenvalue weighted by molar-refractivity contribution is 6.04. The van der Waals surface area contributed by atoms with Gasteiger partial charge in [-0.1, -0.05) is 30.3 Å². The first-order valence-corrected chi connectivity index (χ1v) is 9.17. The average molecular weight is 375 g/mol. The van der Waals surface area contributed by atoms with E-state index in [2.05, 4.69) is 25.5 Å². The zero-order valence-electron chi connectivity index (χ0n) is 15.3. The molecule has 0 bridgehead atoms. The Kier molecular flexibility index (Phi) is 5.44. The van der Waals surface area contributed by atoms with Gasteiger partial charge in [0, 0.05) is 18.8 Å². The number of benzene rings is 2. The van der Waals surface area contributed by atoms with Gasteiger partial charge in [0.1, 0.15) is 11.5 Å². The van der Waals surface area contributed by atoms with Crippen molar-refractivity contribution in [2.75, 3.05) is 41.8 Å². The molecule has 4 rings (SSSR count). The van der Waals surface area contributed by atoms with Crippen molar-refractivity contribution in [3.63, 3.8) is 0 Å². The van der Waals surface area contributed by atoms with E-state index in [1.54, 1.807) is 6.20 Å². The van der Waals surface area contributed by atoms with Crippen molar-refractivity contribution < 1.29 is 9.53 Å². The summed E-state index contributed by atoms with van der Waals surface area (Å²) in [7, 11) is 0. The van der Waals surface area contributed by atoms with Gasteiger partial charge < -0.3 is 20.3 Å². The summed E-state index contributed by atoms with van der Waals surface area (Å²) < 4.78 is 5.41. The Hall–Kier alpha value is -3.45. The summed E-state index contributed by atoms with van der Waals surface area (Å²) in [6.45, 7) is 2.96. The Labute approximate surface area is 163 Å². The molecule has 0 aliphatic carbocycles. The van der Waals surface area contributed by atoms with E-state index in [9.17, 15) is 4.79 Å². The van der Waals surface area contributed by atoms with E-state index in [0.717, 1.165) is 30.2 Å². The molecule has 3 aromatic rings. The summed E-state index contributed by atoms with van der Waals surface area (Å²) in [6, 6.07) is 17.4. The van der Waals surface area contributed by atoms with Crippen LogP contribution in [0.3, 0.4) is 0 Å². The van der Waals surface area contributed by atoms with Crippen LogP contribution in [-0.4, -0.2) is 42.2 Å². The van der Waals surface area contributed by atoms with Crippen molar-refractivity contribution >= 4 is 28.8 Å². The molecule has 2 heterocycles. The highest BCUT2D eigenvalue weighted by Crippen LogP contribution is 2.26. The summed E-state index contributed by atoms with van der Waals surface area (Å²) in [5.41, 5.74) is 2.90. The molecule has 0 spiro atoms. The number of aromatic nitrogens is 2. The van der Waals surface area contributed by atoms with Gasteiger partial charge in [-0.2, -0.15) is 0 Å². The van der Waals surface area contributed by atoms with E-state index < -0.39 is 0 Å². The fraction of sp³-hybridized carbons (Fsp3) is 0.190. The zero-order valence-corrected chi connectivity index (χ0v) is 15.3. The van der Waals surface area contributed by atoms with Gasteiger partial charge in [0.25, 0.3) is 5.91 Å². The smallest absolute Gasteiger partial charge is 0.275 e. The number of hydrogen-bond donors (Lipinski definition) is 2. The van der Waals surface area contributed by atoms with E-state index in [4.69, 9.17) is 4.74 Å². The molecule has 7 heteroatoms. The molecule has 0 radical (unpaired) electrons. The number of rotatable bonds is 5. The Morgan fingerprint density at radius 3 is 2.43 bits per heavy atom. The number of ether oxygens (including phenoxy) is 1. The number of nitrogens with one attached hydrogen (secondary N) is 2. The molecule has 0 atom stereocenters. The van der Waals surface area contributed by atoms with Crippen molar-refractivity contribution in [2.24, 2.45) is 0 Å². The van der Waals surface area contributed by atoms with Crippen molar-refractivity contribution in [2.45, 2.75) is 0 Å². The molecule has 1 aliphatic heterocycles. The number of anilines is 4. The summed E-state index contributed by atoms with van der Waals surface area (Å²) in [5, 5.41) is 6.10. The Bertz CT molecular complexity index is 925. The van der Waals surface area contributed by atoms with Gasteiger partial charge >= 0.3 is 0 Å². The normalized spacial score (nSPS) is 13.8. The van der Waals surface area contributed by atoms with Crippen LogP contribution in [0.1, 0.15) is 10.5 Å². The zero-order chi connectivity index (χ0) is 19.2. The summed E-state index contributed by atoms with van der Waals surface area (Å²) in [4.78, 5) is 23.4.